The number of terminal acetylenes is 1. The number of rotatable bonds is 4. The molecule has 1 aromatic carbocycles. The third-order valence-corrected chi connectivity index (χ3v) is 2.82. The van der Waals surface area contributed by atoms with Crippen LogP contribution in [0.2, 0.25) is 0 Å². The summed E-state index contributed by atoms with van der Waals surface area (Å²) in [5.74, 6) is 1.03. The average Bonchev–Trinajstić information content (AvgIpc) is 3.06. The minimum absolute atomic E-state index is 0.135. The predicted molar refractivity (Wildman–Crippen MR) is 79.7 cm³/mol. The van der Waals surface area contributed by atoms with Crippen LogP contribution in [0.5, 0.6) is 0 Å². The van der Waals surface area contributed by atoms with Crippen molar-refractivity contribution < 1.29 is 19.1 Å². The molecule has 2 aromatic rings. The van der Waals surface area contributed by atoms with Gasteiger partial charge in [0.1, 0.15) is 11.9 Å². The molecule has 112 valence electrons. The second kappa shape index (κ2) is 7.11. The lowest BCUT2D eigenvalue weighted by molar-refractivity contribution is -0.136. The molecule has 0 bridgehead atoms. The molecule has 0 fully saturated rings. The third kappa shape index (κ3) is 3.98. The number of anilines is 1. The predicted octanol–water partition coefficient (Wildman–Crippen LogP) is 1.05. The number of furan rings is 1. The number of hydrogen-bond acceptors (Lipinski definition) is 4. The van der Waals surface area contributed by atoms with Crippen molar-refractivity contribution in [3.05, 3.63) is 54.0 Å². The van der Waals surface area contributed by atoms with Crippen LogP contribution in [0.3, 0.4) is 0 Å². The Labute approximate surface area is 127 Å². The van der Waals surface area contributed by atoms with E-state index in [1.54, 1.807) is 36.4 Å². The molecule has 3 N–H and O–H groups in total. The molecule has 0 aliphatic heterocycles. The number of nitrogens with one attached hydrogen (secondary N) is 2. The smallest absolute Gasteiger partial charge is 0.313 e. The van der Waals surface area contributed by atoms with Crippen LogP contribution in [0.15, 0.2) is 47.1 Å². The number of aliphatic hydroxyl groups is 1. The molecule has 1 unspecified atom stereocenters. The van der Waals surface area contributed by atoms with Crippen molar-refractivity contribution in [3.63, 3.8) is 0 Å². The first-order valence-corrected chi connectivity index (χ1v) is 6.47. The largest absolute Gasteiger partial charge is 0.467 e. The number of benzene rings is 1. The van der Waals surface area contributed by atoms with Crippen molar-refractivity contribution in [1.29, 1.82) is 0 Å². The zero-order chi connectivity index (χ0) is 15.9. The quantitative estimate of drug-likeness (QED) is 0.581. The number of hydrogen-bond donors (Lipinski definition) is 3. The molecule has 1 aromatic heterocycles. The van der Waals surface area contributed by atoms with Gasteiger partial charge in [-0.2, -0.15) is 0 Å². The zero-order valence-electron chi connectivity index (χ0n) is 11.6. The Morgan fingerprint density at radius 3 is 2.77 bits per heavy atom. The van der Waals surface area contributed by atoms with E-state index >= 15 is 0 Å². The molecule has 2 rings (SSSR count). The zero-order valence-corrected chi connectivity index (χ0v) is 11.6. The normalized spacial score (nSPS) is 11.3. The van der Waals surface area contributed by atoms with E-state index in [9.17, 15) is 14.7 Å². The third-order valence-electron chi connectivity index (χ3n) is 2.82. The van der Waals surface area contributed by atoms with E-state index in [4.69, 9.17) is 10.8 Å². The van der Waals surface area contributed by atoms with Crippen LogP contribution >= 0.6 is 0 Å². The molecule has 1 atom stereocenters. The molecule has 22 heavy (non-hydrogen) atoms. The standard InChI is InChI=1S/C16H14N2O4/c1-2-11-5-3-6-12(9-11)18-16(21)15(20)17-10-13(19)14-7-4-8-22-14/h1,3-9,13,19H,10H2,(H,17,20)(H,18,21). The summed E-state index contributed by atoms with van der Waals surface area (Å²) in [6.45, 7) is -0.135. The van der Waals surface area contributed by atoms with Gasteiger partial charge in [-0.15, -0.1) is 6.42 Å². The fraction of sp³-hybridized carbons (Fsp3) is 0.125. The van der Waals surface area contributed by atoms with Crippen molar-refractivity contribution in [1.82, 2.24) is 5.32 Å². The average molecular weight is 298 g/mol. The van der Waals surface area contributed by atoms with E-state index in [0.717, 1.165) is 0 Å². The minimum Gasteiger partial charge on any atom is -0.467 e. The van der Waals surface area contributed by atoms with E-state index in [2.05, 4.69) is 16.6 Å². The van der Waals surface area contributed by atoms with Crippen LogP contribution in [-0.4, -0.2) is 23.5 Å². The number of carbonyl (C=O) groups excluding carboxylic acids is 2. The summed E-state index contributed by atoms with van der Waals surface area (Å²) >= 11 is 0. The Hall–Kier alpha value is -3.04. The highest BCUT2D eigenvalue weighted by Gasteiger charge is 2.17. The van der Waals surface area contributed by atoms with Gasteiger partial charge in [0.2, 0.25) is 0 Å². The van der Waals surface area contributed by atoms with Crippen molar-refractivity contribution in [2.75, 3.05) is 11.9 Å². The summed E-state index contributed by atoms with van der Waals surface area (Å²) in [6.07, 6.45) is 5.65. The molecular weight excluding hydrogens is 284 g/mol. The Kier molecular flexibility index (Phi) is 4.96. The Morgan fingerprint density at radius 1 is 1.27 bits per heavy atom. The van der Waals surface area contributed by atoms with Crippen LogP contribution < -0.4 is 10.6 Å². The number of carbonyl (C=O) groups is 2. The van der Waals surface area contributed by atoms with Gasteiger partial charge in [0.25, 0.3) is 0 Å². The second-order valence-electron chi connectivity index (χ2n) is 4.42. The van der Waals surface area contributed by atoms with Crippen molar-refractivity contribution in [2.45, 2.75) is 6.10 Å². The summed E-state index contributed by atoms with van der Waals surface area (Å²) in [7, 11) is 0. The van der Waals surface area contributed by atoms with Crippen molar-refractivity contribution >= 4 is 17.5 Å². The van der Waals surface area contributed by atoms with Gasteiger partial charge in [0, 0.05) is 11.3 Å². The fourth-order valence-electron chi connectivity index (χ4n) is 1.73. The molecule has 6 nitrogen and oxygen atoms in total. The summed E-state index contributed by atoms with van der Waals surface area (Å²) in [6, 6.07) is 9.75. The highest BCUT2D eigenvalue weighted by Crippen LogP contribution is 2.12. The van der Waals surface area contributed by atoms with E-state index in [-0.39, 0.29) is 6.54 Å². The number of amides is 2. The Balaban J connectivity index is 1.87. The molecule has 0 aliphatic carbocycles. The summed E-state index contributed by atoms with van der Waals surface area (Å²) < 4.78 is 4.99. The summed E-state index contributed by atoms with van der Waals surface area (Å²) in [5.41, 5.74) is 1.01. The van der Waals surface area contributed by atoms with Gasteiger partial charge >= 0.3 is 11.8 Å². The molecule has 0 saturated carbocycles. The van der Waals surface area contributed by atoms with E-state index in [1.807, 2.05) is 0 Å². The first-order chi connectivity index (χ1) is 10.6. The van der Waals surface area contributed by atoms with E-state index < -0.39 is 17.9 Å². The van der Waals surface area contributed by atoms with Gasteiger partial charge in [-0.05, 0) is 30.3 Å². The Bertz CT molecular complexity index is 701. The van der Waals surface area contributed by atoms with E-state index in [0.29, 0.717) is 17.0 Å². The molecule has 0 aliphatic rings. The maximum Gasteiger partial charge on any atom is 0.313 e. The SMILES string of the molecule is C#Cc1cccc(NC(=O)C(=O)NCC(O)c2ccco2)c1. The van der Waals surface area contributed by atoms with Gasteiger partial charge in [0.05, 0.1) is 12.8 Å². The van der Waals surface area contributed by atoms with Gasteiger partial charge in [-0.25, -0.2) is 0 Å². The fourth-order valence-corrected chi connectivity index (χ4v) is 1.73. The first-order valence-electron chi connectivity index (χ1n) is 6.47. The van der Waals surface area contributed by atoms with Crippen molar-refractivity contribution in [3.8, 4) is 12.3 Å². The van der Waals surface area contributed by atoms with Crippen LogP contribution in [0, 0.1) is 12.3 Å². The molecule has 6 heteroatoms. The second-order valence-corrected chi connectivity index (χ2v) is 4.42. The van der Waals surface area contributed by atoms with Gasteiger partial charge in [0.15, 0.2) is 0 Å². The van der Waals surface area contributed by atoms with Gasteiger partial charge < -0.3 is 20.2 Å². The van der Waals surface area contributed by atoms with Crippen molar-refractivity contribution in [2.24, 2.45) is 0 Å². The van der Waals surface area contributed by atoms with Gasteiger partial charge in [-0.3, -0.25) is 9.59 Å². The maximum absolute atomic E-state index is 11.7. The van der Waals surface area contributed by atoms with Crippen LogP contribution in [0.4, 0.5) is 5.69 Å². The Morgan fingerprint density at radius 2 is 2.09 bits per heavy atom. The maximum atomic E-state index is 11.7. The molecular formula is C16H14N2O4. The van der Waals surface area contributed by atoms with Crippen LogP contribution in [0.1, 0.15) is 17.4 Å². The molecule has 2 amide bonds. The topological polar surface area (TPSA) is 91.6 Å². The van der Waals surface area contributed by atoms with Crippen LogP contribution in [-0.2, 0) is 9.59 Å². The first kappa shape index (κ1) is 15.4. The monoisotopic (exact) mass is 298 g/mol. The lowest BCUT2D eigenvalue weighted by Gasteiger charge is -2.10. The minimum atomic E-state index is -1.02. The van der Waals surface area contributed by atoms with E-state index in [1.165, 1.54) is 6.26 Å². The lowest BCUT2D eigenvalue weighted by atomic mass is 10.2. The molecule has 0 saturated heterocycles. The highest BCUT2D eigenvalue weighted by atomic mass is 16.4. The molecule has 0 radical (unpaired) electrons. The van der Waals surface area contributed by atoms with Gasteiger partial charge in [-0.1, -0.05) is 12.0 Å². The molecule has 1 heterocycles. The highest BCUT2D eigenvalue weighted by molar-refractivity contribution is 6.39. The lowest BCUT2D eigenvalue weighted by Crippen LogP contribution is -2.37. The van der Waals surface area contributed by atoms with Crippen LogP contribution in [0.25, 0.3) is 0 Å². The summed E-state index contributed by atoms with van der Waals surface area (Å²) in [5, 5.41) is 14.5. The number of aliphatic hydroxyl groups excluding tert-OH is 1. The summed E-state index contributed by atoms with van der Waals surface area (Å²) in [4.78, 5) is 23.4. The molecule has 0 spiro atoms.